The monoisotopic (exact) mass is 338 g/mol. The molecular formula is C18H15BrN2. The highest BCUT2D eigenvalue weighted by atomic mass is 79.9. The smallest absolute Gasteiger partial charge is 0.0752 e. The molecule has 3 aromatic rings. The Morgan fingerprint density at radius 2 is 1.38 bits per heavy atom. The second-order valence-corrected chi connectivity index (χ2v) is 5.80. The Hall–Kier alpha value is -2.13. The molecule has 1 aromatic heterocycles. The Kier molecular flexibility index (Phi) is 4.02. The number of pyridine rings is 1. The number of halogens is 1. The zero-order chi connectivity index (χ0) is 14.7. The lowest BCUT2D eigenvalue weighted by Crippen LogP contribution is -2.08. The number of hydrogen-bond acceptors (Lipinski definition) is 2. The Morgan fingerprint density at radius 1 is 0.857 bits per heavy atom. The van der Waals surface area contributed by atoms with Gasteiger partial charge in [-0.25, -0.2) is 0 Å². The van der Waals surface area contributed by atoms with E-state index in [0.29, 0.717) is 5.69 Å². The number of nitrogens with zero attached hydrogens (tertiary/aromatic N) is 1. The van der Waals surface area contributed by atoms with Crippen LogP contribution in [0.15, 0.2) is 77.4 Å². The third-order valence-electron chi connectivity index (χ3n) is 3.46. The summed E-state index contributed by atoms with van der Waals surface area (Å²) < 4.78 is 0.892. The molecule has 0 aliphatic carbocycles. The first-order valence-corrected chi connectivity index (χ1v) is 7.56. The summed E-state index contributed by atoms with van der Waals surface area (Å²) in [6, 6.07) is 22.6. The maximum absolute atomic E-state index is 6.20. The predicted molar refractivity (Wildman–Crippen MR) is 90.2 cm³/mol. The van der Waals surface area contributed by atoms with Crippen LogP contribution in [0.25, 0.3) is 0 Å². The summed E-state index contributed by atoms with van der Waals surface area (Å²) in [7, 11) is 0. The highest BCUT2D eigenvalue weighted by molar-refractivity contribution is 9.10. The van der Waals surface area contributed by atoms with Crippen LogP contribution in [-0.4, -0.2) is 4.98 Å². The van der Waals surface area contributed by atoms with Gasteiger partial charge in [0.25, 0.3) is 0 Å². The van der Waals surface area contributed by atoms with Gasteiger partial charge < -0.3 is 5.73 Å². The van der Waals surface area contributed by atoms with Crippen molar-refractivity contribution in [3.63, 3.8) is 0 Å². The molecule has 0 aliphatic heterocycles. The highest BCUT2D eigenvalue weighted by Gasteiger charge is 2.20. The molecule has 0 aliphatic rings. The fraction of sp³-hybridized carbons (Fsp3) is 0.0556. The molecule has 0 fully saturated rings. The molecule has 0 unspecified atom stereocenters. The van der Waals surface area contributed by atoms with Crippen molar-refractivity contribution in [3.05, 3.63) is 94.2 Å². The molecule has 0 spiro atoms. The van der Waals surface area contributed by atoms with Crippen molar-refractivity contribution in [2.24, 2.45) is 0 Å². The van der Waals surface area contributed by atoms with Crippen molar-refractivity contribution in [1.29, 1.82) is 0 Å². The number of anilines is 1. The average molecular weight is 339 g/mol. The van der Waals surface area contributed by atoms with Crippen molar-refractivity contribution < 1.29 is 0 Å². The van der Waals surface area contributed by atoms with Crippen LogP contribution in [0.1, 0.15) is 22.7 Å². The van der Waals surface area contributed by atoms with E-state index in [2.05, 4.69) is 45.2 Å². The van der Waals surface area contributed by atoms with Crippen LogP contribution < -0.4 is 5.73 Å². The van der Waals surface area contributed by atoms with E-state index in [1.807, 2.05) is 42.5 Å². The maximum atomic E-state index is 6.20. The van der Waals surface area contributed by atoms with Gasteiger partial charge in [0.1, 0.15) is 0 Å². The van der Waals surface area contributed by atoms with Gasteiger partial charge in [0.2, 0.25) is 0 Å². The van der Waals surface area contributed by atoms with E-state index < -0.39 is 0 Å². The van der Waals surface area contributed by atoms with E-state index in [1.165, 1.54) is 11.1 Å². The summed E-state index contributed by atoms with van der Waals surface area (Å²) in [5, 5.41) is 0. The lowest BCUT2D eigenvalue weighted by Gasteiger charge is -2.19. The molecule has 104 valence electrons. The number of nitrogen functional groups attached to an aromatic ring is 1. The molecule has 0 amide bonds. The van der Waals surface area contributed by atoms with Crippen molar-refractivity contribution in [3.8, 4) is 0 Å². The summed E-state index contributed by atoms with van der Waals surface area (Å²) in [5.41, 5.74) is 10.2. The van der Waals surface area contributed by atoms with Crippen molar-refractivity contribution >= 4 is 21.6 Å². The van der Waals surface area contributed by atoms with Crippen LogP contribution in [0.2, 0.25) is 0 Å². The molecule has 2 nitrogen and oxygen atoms in total. The largest absolute Gasteiger partial charge is 0.397 e. The van der Waals surface area contributed by atoms with Gasteiger partial charge in [0.15, 0.2) is 0 Å². The van der Waals surface area contributed by atoms with Crippen molar-refractivity contribution in [2.45, 2.75) is 5.92 Å². The van der Waals surface area contributed by atoms with Crippen LogP contribution in [0.5, 0.6) is 0 Å². The number of nitrogens with two attached hydrogens (primary N) is 1. The standard InChI is InChI=1S/C18H15BrN2/c19-15-11-16(20)18(21-12-15)17(13-7-3-1-4-8-13)14-9-5-2-6-10-14/h1-12,17H,20H2. The van der Waals surface area contributed by atoms with E-state index in [1.54, 1.807) is 6.20 Å². The fourth-order valence-electron chi connectivity index (χ4n) is 2.51. The summed E-state index contributed by atoms with van der Waals surface area (Å²) in [6.07, 6.45) is 1.80. The number of hydrogen-bond donors (Lipinski definition) is 1. The molecule has 3 rings (SSSR count). The van der Waals surface area contributed by atoms with E-state index in [0.717, 1.165) is 10.2 Å². The van der Waals surface area contributed by atoms with Crippen LogP contribution in [0.3, 0.4) is 0 Å². The van der Waals surface area contributed by atoms with E-state index >= 15 is 0 Å². The highest BCUT2D eigenvalue weighted by Crippen LogP contribution is 2.34. The zero-order valence-electron chi connectivity index (χ0n) is 11.4. The molecule has 0 bridgehead atoms. The summed E-state index contributed by atoms with van der Waals surface area (Å²) in [6.45, 7) is 0. The molecule has 21 heavy (non-hydrogen) atoms. The van der Waals surface area contributed by atoms with E-state index in [9.17, 15) is 0 Å². The molecule has 0 saturated carbocycles. The van der Waals surface area contributed by atoms with Crippen LogP contribution >= 0.6 is 15.9 Å². The SMILES string of the molecule is Nc1cc(Br)cnc1C(c1ccccc1)c1ccccc1. The quantitative estimate of drug-likeness (QED) is 0.757. The molecule has 2 aromatic carbocycles. The molecule has 0 saturated heterocycles. The summed E-state index contributed by atoms with van der Waals surface area (Å²) in [4.78, 5) is 4.56. The second kappa shape index (κ2) is 6.10. The molecule has 3 heteroatoms. The molecule has 2 N–H and O–H groups in total. The van der Waals surface area contributed by atoms with Crippen LogP contribution in [-0.2, 0) is 0 Å². The molecule has 0 atom stereocenters. The third kappa shape index (κ3) is 2.98. The van der Waals surface area contributed by atoms with Crippen LogP contribution in [0, 0.1) is 0 Å². The Bertz CT molecular complexity index is 687. The van der Waals surface area contributed by atoms with Gasteiger partial charge in [0, 0.05) is 10.7 Å². The molecule has 0 radical (unpaired) electrons. The van der Waals surface area contributed by atoms with Gasteiger partial charge >= 0.3 is 0 Å². The van der Waals surface area contributed by atoms with Crippen LogP contribution in [0.4, 0.5) is 5.69 Å². The Labute approximate surface area is 132 Å². The topological polar surface area (TPSA) is 38.9 Å². The van der Waals surface area contributed by atoms with Crippen molar-refractivity contribution in [1.82, 2.24) is 4.98 Å². The molecule has 1 heterocycles. The van der Waals surface area contributed by atoms with Gasteiger partial charge in [-0.1, -0.05) is 60.7 Å². The Balaban J connectivity index is 2.17. The lowest BCUT2D eigenvalue weighted by molar-refractivity contribution is 0.921. The lowest BCUT2D eigenvalue weighted by atomic mass is 9.87. The van der Waals surface area contributed by atoms with Gasteiger partial charge in [-0.15, -0.1) is 0 Å². The zero-order valence-corrected chi connectivity index (χ0v) is 13.0. The van der Waals surface area contributed by atoms with Gasteiger partial charge in [-0.3, -0.25) is 4.98 Å². The minimum atomic E-state index is 0.0421. The minimum absolute atomic E-state index is 0.0421. The third-order valence-corrected chi connectivity index (χ3v) is 3.89. The minimum Gasteiger partial charge on any atom is -0.397 e. The fourth-order valence-corrected chi connectivity index (χ4v) is 2.85. The van der Waals surface area contributed by atoms with E-state index in [4.69, 9.17) is 5.73 Å². The maximum Gasteiger partial charge on any atom is 0.0752 e. The molecular weight excluding hydrogens is 324 g/mol. The normalized spacial score (nSPS) is 10.8. The van der Waals surface area contributed by atoms with Gasteiger partial charge in [-0.05, 0) is 33.1 Å². The first-order chi connectivity index (χ1) is 10.3. The summed E-state index contributed by atoms with van der Waals surface area (Å²) >= 11 is 3.42. The second-order valence-electron chi connectivity index (χ2n) is 4.88. The number of aromatic nitrogens is 1. The first-order valence-electron chi connectivity index (χ1n) is 6.76. The Morgan fingerprint density at radius 3 is 1.86 bits per heavy atom. The number of rotatable bonds is 3. The van der Waals surface area contributed by atoms with Gasteiger partial charge in [0.05, 0.1) is 17.3 Å². The first kappa shape index (κ1) is 13.8. The average Bonchev–Trinajstić information content (AvgIpc) is 2.52. The van der Waals surface area contributed by atoms with Gasteiger partial charge in [-0.2, -0.15) is 0 Å². The number of benzene rings is 2. The van der Waals surface area contributed by atoms with E-state index in [-0.39, 0.29) is 5.92 Å². The summed E-state index contributed by atoms with van der Waals surface area (Å²) in [5.74, 6) is 0.0421. The predicted octanol–water partition coefficient (Wildman–Crippen LogP) is 4.61. The van der Waals surface area contributed by atoms with Crippen molar-refractivity contribution in [2.75, 3.05) is 5.73 Å².